The molecule has 0 spiro atoms. The highest BCUT2D eigenvalue weighted by molar-refractivity contribution is 7.42. The van der Waals surface area contributed by atoms with E-state index in [1.807, 2.05) is 0 Å². The van der Waals surface area contributed by atoms with E-state index in [1.54, 1.807) is 12.1 Å². The van der Waals surface area contributed by atoms with E-state index in [-0.39, 0.29) is 0 Å². The van der Waals surface area contributed by atoms with Gasteiger partial charge in [0, 0.05) is 11.1 Å². The predicted octanol–water partition coefficient (Wildman–Crippen LogP) is -0.245. The van der Waals surface area contributed by atoms with Crippen LogP contribution in [0.15, 0.2) is 24.3 Å². The maximum Gasteiger partial charge on any atom is 0.248 e. The molecule has 6 N–H and O–H groups in total. The van der Waals surface area contributed by atoms with Crippen molar-refractivity contribution < 1.29 is 19.4 Å². The van der Waals surface area contributed by atoms with Crippen molar-refractivity contribution in [3.05, 3.63) is 35.4 Å². The van der Waals surface area contributed by atoms with Crippen molar-refractivity contribution in [2.24, 2.45) is 11.2 Å². The molecule has 0 aromatic heterocycles. The maximum atomic E-state index is 10.5. The first-order valence-electron chi connectivity index (χ1n) is 3.75. The number of hydrogen-bond donors (Lipinski definition) is 4. The third kappa shape index (κ3) is 6.70. The van der Waals surface area contributed by atoms with Gasteiger partial charge in [-0.1, -0.05) is 12.1 Å². The van der Waals surface area contributed by atoms with Crippen LogP contribution in [0.1, 0.15) is 20.7 Å². The summed E-state index contributed by atoms with van der Waals surface area (Å²) in [5, 5.41) is 0. The fourth-order valence-corrected chi connectivity index (χ4v) is 0.726. The topological polar surface area (TPSA) is 127 Å². The summed E-state index contributed by atoms with van der Waals surface area (Å²) in [5.74, 6) is -0.484. The average molecular weight is 230 g/mol. The molecule has 6 nitrogen and oxygen atoms in total. The van der Waals surface area contributed by atoms with E-state index in [9.17, 15) is 9.59 Å². The highest BCUT2D eigenvalue weighted by Gasteiger charge is 1.97. The molecule has 82 valence electrons. The van der Waals surface area contributed by atoms with Gasteiger partial charge in [-0.2, -0.15) is 0 Å². The van der Waals surface area contributed by atoms with Crippen molar-refractivity contribution in [3.8, 4) is 0 Å². The number of rotatable bonds is 2. The Labute approximate surface area is 87.5 Å². The van der Waals surface area contributed by atoms with E-state index in [0.29, 0.717) is 17.4 Å². The average Bonchev–Trinajstić information content (AvgIpc) is 2.17. The van der Waals surface area contributed by atoms with Crippen molar-refractivity contribution in [3.63, 3.8) is 0 Å². The highest BCUT2D eigenvalue weighted by atomic mass is 31.2. The molecule has 0 heterocycles. The molecule has 0 atom stereocenters. The van der Waals surface area contributed by atoms with E-state index in [2.05, 4.69) is 5.50 Å². The summed E-state index contributed by atoms with van der Waals surface area (Å²) in [7, 11) is -2.12. The number of amides is 1. The smallest absolute Gasteiger partial charge is 0.248 e. The molecule has 0 aliphatic heterocycles. The van der Waals surface area contributed by atoms with Crippen LogP contribution in [0.5, 0.6) is 0 Å². The highest BCUT2D eigenvalue weighted by Crippen LogP contribution is 2.05. The lowest BCUT2D eigenvalue weighted by Gasteiger charge is -1.93. The van der Waals surface area contributed by atoms with Crippen LogP contribution < -0.4 is 11.2 Å². The fourth-order valence-electron chi connectivity index (χ4n) is 0.726. The first kappa shape index (κ1) is 13.7. The number of aldehydes is 1. The Kier molecular flexibility index (Phi) is 6.40. The number of benzene rings is 1. The van der Waals surface area contributed by atoms with Crippen LogP contribution >= 0.6 is 8.53 Å². The van der Waals surface area contributed by atoms with Crippen LogP contribution in [0.2, 0.25) is 0 Å². The second kappa shape index (κ2) is 7.03. The quantitative estimate of drug-likeness (QED) is 0.411. The SMILES string of the molecule is NC(=O)c1ccc(C=O)cc1.NP(O)O. The third-order valence-corrected chi connectivity index (χ3v) is 1.33. The molecule has 1 rings (SSSR count). The monoisotopic (exact) mass is 230 g/mol. The van der Waals surface area contributed by atoms with Gasteiger partial charge >= 0.3 is 0 Å². The van der Waals surface area contributed by atoms with Gasteiger partial charge in [-0.25, -0.2) is 0 Å². The van der Waals surface area contributed by atoms with Gasteiger partial charge in [0.2, 0.25) is 14.4 Å². The molecule has 0 unspecified atom stereocenters. The summed E-state index contributed by atoms with van der Waals surface area (Å²) in [4.78, 5) is 35.6. The van der Waals surface area contributed by atoms with Crippen molar-refractivity contribution in [1.29, 1.82) is 0 Å². The molecule has 7 heteroatoms. The summed E-state index contributed by atoms with van der Waals surface area (Å²) in [6.45, 7) is 0. The first-order valence-corrected chi connectivity index (χ1v) is 5.06. The van der Waals surface area contributed by atoms with Gasteiger partial charge < -0.3 is 15.5 Å². The second-order valence-corrected chi connectivity index (χ2v) is 3.07. The van der Waals surface area contributed by atoms with Gasteiger partial charge in [-0.3, -0.25) is 15.1 Å². The Morgan fingerprint density at radius 2 is 1.67 bits per heavy atom. The number of carbonyl (C=O) groups is 2. The number of primary amides is 1. The Bertz CT molecular complexity index is 323. The van der Waals surface area contributed by atoms with Crippen LogP contribution in [-0.2, 0) is 0 Å². The Hall–Kier alpha value is -1.33. The standard InChI is InChI=1S/C8H7NO2.H4NO2P/c9-8(11)7-3-1-6(5-10)2-4-7;1-4(2)3/h1-5H,(H2,9,11);2-3H,1H2. The fraction of sp³-hybridized carbons (Fsp3) is 0. The normalized spacial score (nSPS) is 9.07. The van der Waals surface area contributed by atoms with Gasteiger partial charge in [0.25, 0.3) is 0 Å². The van der Waals surface area contributed by atoms with E-state index in [0.717, 1.165) is 0 Å². The van der Waals surface area contributed by atoms with Crippen molar-refractivity contribution in [2.45, 2.75) is 0 Å². The van der Waals surface area contributed by atoms with Gasteiger partial charge in [-0.15, -0.1) is 0 Å². The van der Waals surface area contributed by atoms with Crippen molar-refractivity contribution >= 4 is 20.7 Å². The molecule has 15 heavy (non-hydrogen) atoms. The zero-order valence-electron chi connectivity index (χ0n) is 7.70. The summed E-state index contributed by atoms with van der Waals surface area (Å²) >= 11 is 0. The van der Waals surface area contributed by atoms with Crippen molar-refractivity contribution in [1.82, 2.24) is 0 Å². The van der Waals surface area contributed by atoms with E-state index in [1.165, 1.54) is 12.1 Å². The van der Waals surface area contributed by atoms with Crippen LogP contribution in [0.3, 0.4) is 0 Å². The summed E-state index contributed by atoms with van der Waals surface area (Å²) in [6.07, 6.45) is 0.713. The molecule has 0 aliphatic rings. The summed E-state index contributed by atoms with van der Waals surface area (Å²) < 4.78 is 0. The zero-order chi connectivity index (χ0) is 11.8. The molecule has 1 aromatic carbocycles. The second-order valence-electron chi connectivity index (χ2n) is 2.42. The lowest BCUT2D eigenvalue weighted by atomic mass is 10.1. The number of carbonyl (C=O) groups excluding carboxylic acids is 2. The molecular weight excluding hydrogens is 219 g/mol. The van der Waals surface area contributed by atoms with Gasteiger partial charge in [-0.05, 0) is 12.1 Å². The molecule has 0 saturated carbocycles. The molecule has 1 amide bonds. The summed E-state index contributed by atoms with van der Waals surface area (Å²) in [5.41, 5.74) is 10.2. The molecule has 0 fully saturated rings. The first-order chi connectivity index (χ1) is 6.97. The molecule has 0 saturated heterocycles. The Morgan fingerprint density at radius 1 is 1.27 bits per heavy atom. The summed E-state index contributed by atoms with van der Waals surface area (Å²) in [6, 6.07) is 6.14. The molecular formula is C8H11N2O4P. The maximum absolute atomic E-state index is 10.5. The lowest BCUT2D eigenvalue weighted by molar-refractivity contribution is 0.0999. The largest absolute Gasteiger partial charge is 0.366 e. The van der Waals surface area contributed by atoms with Crippen LogP contribution in [0.4, 0.5) is 0 Å². The van der Waals surface area contributed by atoms with Crippen molar-refractivity contribution in [2.75, 3.05) is 0 Å². The lowest BCUT2D eigenvalue weighted by Crippen LogP contribution is -2.10. The van der Waals surface area contributed by atoms with Gasteiger partial charge in [0.15, 0.2) is 0 Å². The molecule has 1 aromatic rings. The number of nitrogens with two attached hydrogens (primary N) is 2. The Balaban J connectivity index is 0.000000423. The predicted molar refractivity (Wildman–Crippen MR) is 55.9 cm³/mol. The number of hydrogen-bond acceptors (Lipinski definition) is 5. The minimum absolute atomic E-state index is 0.413. The Morgan fingerprint density at radius 3 is 1.93 bits per heavy atom. The van der Waals surface area contributed by atoms with E-state index < -0.39 is 14.4 Å². The molecule has 0 radical (unpaired) electrons. The van der Waals surface area contributed by atoms with Gasteiger partial charge in [0.05, 0.1) is 0 Å². The van der Waals surface area contributed by atoms with Crippen LogP contribution in [0.25, 0.3) is 0 Å². The minimum Gasteiger partial charge on any atom is -0.366 e. The zero-order valence-corrected chi connectivity index (χ0v) is 8.59. The minimum atomic E-state index is -2.12. The van der Waals surface area contributed by atoms with Crippen LogP contribution in [0, 0.1) is 0 Å². The molecule has 0 aliphatic carbocycles. The van der Waals surface area contributed by atoms with E-state index in [4.69, 9.17) is 15.5 Å². The van der Waals surface area contributed by atoms with E-state index >= 15 is 0 Å². The molecule has 0 bridgehead atoms. The third-order valence-electron chi connectivity index (χ3n) is 1.33. The van der Waals surface area contributed by atoms with Crippen LogP contribution in [-0.4, -0.2) is 22.0 Å². The van der Waals surface area contributed by atoms with Gasteiger partial charge in [0.1, 0.15) is 6.29 Å².